The molecule has 1 heterocycles. The third kappa shape index (κ3) is 4.96. The van der Waals surface area contributed by atoms with E-state index >= 15 is 0 Å². The van der Waals surface area contributed by atoms with Crippen LogP contribution in [-0.2, 0) is 15.9 Å². The van der Waals surface area contributed by atoms with Crippen LogP contribution >= 0.6 is 0 Å². The number of nitrogens with zero attached hydrogens (tertiary/aromatic N) is 2. The maximum atomic E-state index is 6.18. The topological polar surface area (TPSA) is 104 Å². The lowest BCUT2D eigenvalue weighted by Gasteiger charge is -2.32. The zero-order valence-corrected chi connectivity index (χ0v) is 17.3. The van der Waals surface area contributed by atoms with Gasteiger partial charge in [0.1, 0.15) is 12.4 Å². The average molecular weight is 394 g/mol. The third-order valence-electron chi connectivity index (χ3n) is 5.18. The molecular weight excluding hydrogens is 367 g/mol. The summed E-state index contributed by atoms with van der Waals surface area (Å²) in [5.74, 6) is 0.579. The predicted molar refractivity (Wildman–Crippen MR) is 116 cm³/mol. The van der Waals surface area contributed by atoms with Gasteiger partial charge in [0.2, 0.25) is 5.96 Å². The van der Waals surface area contributed by atoms with Crippen molar-refractivity contribution in [1.29, 1.82) is 0 Å². The van der Waals surface area contributed by atoms with E-state index in [0.717, 1.165) is 16.6 Å². The molecule has 2 aromatic carbocycles. The van der Waals surface area contributed by atoms with Gasteiger partial charge in [0.15, 0.2) is 0 Å². The van der Waals surface area contributed by atoms with Gasteiger partial charge in [-0.15, -0.1) is 5.10 Å². The van der Waals surface area contributed by atoms with Gasteiger partial charge in [-0.2, -0.15) is 5.10 Å². The Balaban J connectivity index is 1.87. The van der Waals surface area contributed by atoms with Crippen LogP contribution in [0.1, 0.15) is 38.8 Å². The van der Waals surface area contributed by atoms with Crippen molar-refractivity contribution in [3.63, 3.8) is 0 Å². The summed E-state index contributed by atoms with van der Waals surface area (Å²) in [4.78, 5) is 0. The molecule has 3 rings (SSSR count). The first-order valence-electron chi connectivity index (χ1n) is 9.46. The fourth-order valence-electron chi connectivity index (χ4n) is 2.84. The molecule has 8 heteroatoms. The van der Waals surface area contributed by atoms with Crippen molar-refractivity contribution in [3.05, 3.63) is 59.7 Å². The number of rotatable bonds is 6. The maximum Gasteiger partial charge on any atom is 0.495 e. The first kappa shape index (κ1) is 20.9. The van der Waals surface area contributed by atoms with Gasteiger partial charge in [0.05, 0.1) is 17.4 Å². The van der Waals surface area contributed by atoms with Gasteiger partial charge >= 0.3 is 7.12 Å². The second kappa shape index (κ2) is 8.27. The molecular formula is C21H27BN4O3. The standard InChI is InChI=1S/C21H27BN4O3/c1-20(2)21(3,4)29-22(28-20)18-11-10-17(12-16(18)13-25-26-19(23)24)27-14-15-8-6-5-7-9-15/h5-13H,14H2,1-4H3,(H4,23,24,26). The van der Waals surface area contributed by atoms with Crippen LogP contribution < -0.4 is 21.7 Å². The summed E-state index contributed by atoms with van der Waals surface area (Å²) in [6, 6.07) is 15.6. The van der Waals surface area contributed by atoms with Gasteiger partial charge in [-0.3, -0.25) is 0 Å². The summed E-state index contributed by atoms with van der Waals surface area (Å²) in [7, 11) is -0.538. The molecule has 0 spiro atoms. The van der Waals surface area contributed by atoms with Crippen molar-refractivity contribution in [3.8, 4) is 5.75 Å². The Hall–Kier alpha value is -2.84. The van der Waals surface area contributed by atoms with E-state index in [0.29, 0.717) is 12.4 Å². The highest BCUT2D eigenvalue weighted by atomic mass is 16.7. The molecule has 2 aromatic rings. The monoisotopic (exact) mass is 394 g/mol. The van der Waals surface area contributed by atoms with Gasteiger partial charge in [0.25, 0.3) is 0 Å². The Morgan fingerprint density at radius 2 is 1.69 bits per heavy atom. The van der Waals surface area contributed by atoms with Gasteiger partial charge in [-0.1, -0.05) is 36.4 Å². The minimum Gasteiger partial charge on any atom is -0.489 e. The Morgan fingerprint density at radius 1 is 1.03 bits per heavy atom. The quantitative estimate of drug-likeness (QED) is 0.338. The van der Waals surface area contributed by atoms with Crippen LogP contribution in [0.25, 0.3) is 0 Å². The van der Waals surface area contributed by atoms with E-state index in [4.69, 9.17) is 25.5 Å². The summed E-state index contributed by atoms with van der Waals surface area (Å²) in [6.07, 6.45) is 1.56. The van der Waals surface area contributed by atoms with Crippen molar-refractivity contribution >= 4 is 24.8 Å². The highest BCUT2D eigenvalue weighted by molar-refractivity contribution is 6.63. The van der Waals surface area contributed by atoms with Crippen molar-refractivity contribution in [2.45, 2.75) is 45.5 Å². The van der Waals surface area contributed by atoms with Crippen LogP contribution in [0.4, 0.5) is 0 Å². The number of benzene rings is 2. The summed E-state index contributed by atoms with van der Waals surface area (Å²) < 4.78 is 18.3. The van der Waals surface area contributed by atoms with E-state index < -0.39 is 18.3 Å². The van der Waals surface area contributed by atoms with Crippen molar-refractivity contribution < 1.29 is 14.0 Å². The molecule has 0 aromatic heterocycles. The third-order valence-corrected chi connectivity index (χ3v) is 5.18. The molecule has 29 heavy (non-hydrogen) atoms. The summed E-state index contributed by atoms with van der Waals surface area (Å²) in [5.41, 5.74) is 12.5. The fourth-order valence-corrected chi connectivity index (χ4v) is 2.84. The van der Waals surface area contributed by atoms with Crippen LogP contribution in [-0.4, -0.2) is 30.5 Å². The van der Waals surface area contributed by atoms with E-state index in [1.54, 1.807) is 6.21 Å². The first-order chi connectivity index (χ1) is 13.7. The SMILES string of the molecule is CC1(C)OB(c2ccc(OCc3ccccc3)cc2C=NN=C(N)N)OC1(C)C. The Bertz CT molecular complexity index is 893. The summed E-state index contributed by atoms with van der Waals surface area (Å²) >= 11 is 0. The molecule has 0 radical (unpaired) electrons. The van der Waals surface area contributed by atoms with Crippen LogP contribution in [0.5, 0.6) is 5.75 Å². The van der Waals surface area contributed by atoms with Crippen LogP contribution in [0.2, 0.25) is 0 Å². The minimum absolute atomic E-state index is 0.116. The minimum atomic E-state index is -0.538. The molecule has 0 unspecified atom stereocenters. The number of nitrogens with two attached hydrogens (primary N) is 2. The van der Waals surface area contributed by atoms with E-state index in [9.17, 15) is 0 Å². The fraction of sp³-hybridized carbons (Fsp3) is 0.333. The molecule has 1 fully saturated rings. The molecule has 152 valence electrons. The molecule has 0 amide bonds. The zero-order valence-electron chi connectivity index (χ0n) is 17.3. The highest BCUT2D eigenvalue weighted by Crippen LogP contribution is 2.36. The molecule has 1 saturated heterocycles. The Morgan fingerprint density at radius 3 is 2.31 bits per heavy atom. The lowest BCUT2D eigenvalue weighted by molar-refractivity contribution is 0.00578. The largest absolute Gasteiger partial charge is 0.495 e. The molecule has 4 N–H and O–H groups in total. The summed E-state index contributed by atoms with van der Waals surface area (Å²) in [6.45, 7) is 8.51. The van der Waals surface area contributed by atoms with Gasteiger partial charge in [-0.05, 0) is 56.4 Å². The lowest BCUT2D eigenvalue weighted by atomic mass is 9.76. The molecule has 7 nitrogen and oxygen atoms in total. The van der Waals surface area contributed by atoms with Crippen LogP contribution in [0, 0.1) is 0 Å². The highest BCUT2D eigenvalue weighted by Gasteiger charge is 2.52. The molecule has 1 aliphatic rings. The van der Waals surface area contributed by atoms with E-state index in [-0.39, 0.29) is 5.96 Å². The Labute approximate surface area is 171 Å². The maximum absolute atomic E-state index is 6.18. The van der Waals surface area contributed by atoms with E-state index in [1.807, 2.05) is 76.2 Å². The normalized spacial score (nSPS) is 17.4. The van der Waals surface area contributed by atoms with Crippen LogP contribution in [0.15, 0.2) is 58.7 Å². The zero-order chi connectivity index (χ0) is 21.1. The summed E-state index contributed by atoms with van der Waals surface area (Å²) in [5, 5.41) is 7.64. The van der Waals surface area contributed by atoms with Crippen LogP contribution in [0.3, 0.4) is 0 Å². The van der Waals surface area contributed by atoms with E-state index in [2.05, 4.69) is 10.2 Å². The predicted octanol–water partition coefficient (Wildman–Crippen LogP) is 2.17. The first-order valence-corrected chi connectivity index (χ1v) is 9.46. The van der Waals surface area contributed by atoms with Crippen molar-refractivity contribution in [2.24, 2.45) is 21.7 Å². The number of guanidine groups is 1. The van der Waals surface area contributed by atoms with Gasteiger partial charge in [0, 0.05) is 0 Å². The molecule has 0 saturated carbocycles. The second-order valence-corrected chi connectivity index (χ2v) is 7.92. The van der Waals surface area contributed by atoms with E-state index in [1.165, 1.54) is 0 Å². The van der Waals surface area contributed by atoms with Gasteiger partial charge < -0.3 is 25.5 Å². The molecule has 0 bridgehead atoms. The number of hydrogen-bond donors (Lipinski definition) is 2. The average Bonchev–Trinajstić information content (AvgIpc) is 2.88. The Kier molecular flexibility index (Phi) is 5.95. The van der Waals surface area contributed by atoms with Crippen molar-refractivity contribution in [1.82, 2.24) is 0 Å². The number of hydrogen-bond acceptors (Lipinski definition) is 5. The second-order valence-electron chi connectivity index (χ2n) is 7.92. The lowest BCUT2D eigenvalue weighted by Crippen LogP contribution is -2.41. The molecule has 0 atom stereocenters. The van der Waals surface area contributed by atoms with Crippen molar-refractivity contribution in [2.75, 3.05) is 0 Å². The smallest absolute Gasteiger partial charge is 0.489 e. The number of ether oxygens (including phenoxy) is 1. The van der Waals surface area contributed by atoms with Gasteiger partial charge in [-0.25, -0.2) is 0 Å². The molecule has 1 aliphatic heterocycles. The molecule has 0 aliphatic carbocycles.